The van der Waals surface area contributed by atoms with Gasteiger partial charge >= 0.3 is 0 Å². The molecule has 0 aromatic carbocycles. The minimum atomic E-state index is -0.0433. The Balaban J connectivity index is 1.66. The Kier molecular flexibility index (Phi) is 6.65. The zero-order valence-corrected chi connectivity index (χ0v) is 16.9. The van der Waals surface area contributed by atoms with E-state index in [9.17, 15) is 4.79 Å². The normalized spacial score (nSPS) is 21.1. The van der Waals surface area contributed by atoms with E-state index in [4.69, 9.17) is 10.5 Å². The molecule has 2 saturated heterocycles. The van der Waals surface area contributed by atoms with Crippen LogP contribution >= 0.6 is 0 Å². The van der Waals surface area contributed by atoms with Gasteiger partial charge < -0.3 is 20.3 Å². The van der Waals surface area contributed by atoms with Gasteiger partial charge in [-0.15, -0.1) is 0 Å². The van der Waals surface area contributed by atoms with Crippen LogP contribution in [0.15, 0.2) is 0 Å². The largest absolute Gasteiger partial charge is 0.385 e. The molecule has 7 heteroatoms. The molecule has 1 aromatic heterocycles. The summed E-state index contributed by atoms with van der Waals surface area (Å²) >= 11 is 0. The first kappa shape index (κ1) is 20.0. The van der Waals surface area contributed by atoms with Gasteiger partial charge in [0.15, 0.2) is 0 Å². The maximum Gasteiger partial charge on any atom is 0.291 e. The number of nitrogens with two attached hydrogens (primary N) is 1. The lowest BCUT2D eigenvalue weighted by Crippen LogP contribution is -2.39. The summed E-state index contributed by atoms with van der Waals surface area (Å²) in [4.78, 5) is 26.3. The zero-order chi connectivity index (χ0) is 19.4. The molecule has 27 heavy (non-hydrogen) atoms. The Morgan fingerprint density at radius 3 is 2.56 bits per heavy atom. The van der Waals surface area contributed by atoms with Crippen LogP contribution in [0.5, 0.6) is 0 Å². The molecule has 1 atom stereocenters. The monoisotopic (exact) mass is 375 g/mol. The van der Waals surface area contributed by atoms with E-state index in [2.05, 4.69) is 14.9 Å². The van der Waals surface area contributed by atoms with E-state index in [1.165, 1.54) is 6.42 Å². The summed E-state index contributed by atoms with van der Waals surface area (Å²) in [5.74, 6) is 1.84. The average Bonchev–Trinajstić information content (AvgIpc) is 3.10. The molecule has 1 aromatic rings. The fourth-order valence-corrected chi connectivity index (χ4v) is 4.08. The highest BCUT2D eigenvalue weighted by atomic mass is 16.5. The first-order valence-corrected chi connectivity index (χ1v) is 10.1. The number of likely N-dealkylation sites (tertiary alicyclic amines) is 1. The van der Waals surface area contributed by atoms with E-state index in [1.54, 1.807) is 7.11 Å². The average molecular weight is 376 g/mol. The molecule has 3 heterocycles. The molecule has 0 spiro atoms. The van der Waals surface area contributed by atoms with Gasteiger partial charge in [-0.25, -0.2) is 9.97 Å². The zero-order valence-electron chi connectivity index (χ0n) is 16.9. The number of rotatable bonds is 6. The fraction of sp³-hybridized carbons (Fsp3) is 0.750. The van der Waals surface area contributed by atoms with Crippen LogP contribution in [0, 0.1) is 19.8 Å². The van der Waals surface area contributed by atoms with E-state index < -0.39 is 0 Å². The molecule has 1 amide bonds. The van der Waals surface area contributed by atoms with Crippen molar-refractivity contribution in [3.63, 3.8) is 0 Å². The van der Waals surface area contributed by atoms with Crippen LogP contribution in [0.25, 0.3) is 0 Å². The van der Waals surface area contributed by atoms with Gasteiger partial charge in [0.05, 0.1) is 0 Å². The number of piperidine rings is 1. The molecule has 2 N–H and O–H groups in total. The van der Waals surface area contributed by atoms with Crippen LogP contribution in [0.1, 0.15) is 54.0 Å². The molecule has 3 rings (SSSR count). The first-order chi connectivity index (χ1) is 13.0. The third kappa shape index (κ3) is 4.76. The summed E-state index contributed by atoms with van der Waals surface area (Å²) in [5.41, 5.74) is 7.97. The van der Waals surface area contributed by atoms with Gasteiger partial charge in [0.2, 0.25) is 5.82 Å². The van der Waals surface area contributed by atoms with Crippen LogP contribution < -0.4 is 10.6 Å². The van der Waals surface area contributed by atoms with Crippen molar-refractivity contribution in [2.24, 2.45) is 11.7 Å². The van der Waals surface area contributed by atoms with Crippen molar-refractivity contribution in [3.05, 3.63) is 17.1 Å². The number of nitrogens with zero attached hydrogens (tertiary/aromatic N) is 4. The maximum atomic E-state index is 13.0. The van der Waals surface area contributed by atoms with Gasteiger partial charge in [0.1, 0.15) is 5.82 Å². The summed E-state index contributed by atoms with van der Waals surface area (Å²) in [7, 11) is 1.74. The Morgan fingerprint density at radius 2 is 1.93 bits per heavy atom. The van der Waals surface area contributed by atoms with Gasteiger partial charge in [-0.1, -0.05) is 0 Å². The Labute approximate surface area is 162 Å². The molecule has 0 saturated carbocycles. The highest BCUT2D eigenvalue weighted by molar-refractivity contribution is 5.91. The molecule has 7 nitrogen and oxygen atoms in total. The molecule has 0 bridgehead atoms. The summed E-state index contributed by atoms with van der Waals surface area (Å²) in [6.45, 7) is 8.05. The predicted octanol–water partition coefficient (Wildman–Crippen LogP) is 1.91. The van der Waals surface area contributed by atoms with E-state index in [1.807, 2.05) is 18.7 Å². The van der Waals surface area contributed by atoms with Crippen molar-refractivity contribution < 1.29 is 9.53 Å². The second-order valence-electron chi connectivity index (χ2n) is 7.95. The highest BCUT2D eigenvalue weighted by Crippen LogP contribution is 2.26. The lowest BCUT2D eigenvalue weighted by atomic mass is 9.92. The van der Waals surface area contributed by atoms with E-state index in [0.717, 1.165) is 75.5 Å². The number of aryl methyl sites for hydroxylation is 1. The van der Waals surface area contributed by atoms with E-state index >= 15 is 0 Å². The third-order valence-electron chi connectivity index (χ3n) is 5.94. The first-order valence-electron chi connectivity index (χ1n) is 10.1. The van der Waals surface area contributed by atoms with Gasteiger partial charge in [-0.2, -0.15) is 0 Å². The predicted molar refractivity (Wildman–Crippen MR) is 106 cm³/mol. The molecule has 0 unspecified atom stereocenters. The molecule has 0 radical (unpaired) electrons. The number of carbonyl (C=O) groups excluding carboxylic acids is 1. The van der Waals surface area contributed by atoms with E-state index in [-0.39, 0.29) is 11.9 Å². The van der Waals surface area contributed by atoms with Crippen molar-refractivity contribution in [1.82, 2.24) is 14.9 Å². The number of hydrogen-bond donors (Lipinski definition) is 1. The van der Waals surface area contributed by atoms with Gasteiger partial charge in [-0.05, 0) is 51.9 Å². The second-order valence-corrected chi connectivity index (χ2v) is 7.95. The topological polar surface area (TPSA) is 84.6 Å². The van der Waals surface area contributed by atoms with Crippen LogP contribution in [0.4, 0.5) is 5.82 Å². The number of ether oxygens (including phenoxy) is 1. The minimum Gasteiger partial charge on any atom is -0.385 e. The minimum absolute atomic E-state index is 0.0433. The van der Waals surface area contributed by atoms with E-state index in [0.29, 0.717) is 11.7 Å². The van der Waals surface area contributed by atoms with Crippen LogP contribution in [-0.4, -0.2) is 66.7 Å². The molecule has 150 valence electrons. The summed E-state index contributed by atoms with van der Waals surface area (Å²) in [5, 5.41) is 0. The molecule has 0 aliphatic carbocycles. The number of carbonyl (C=O) groups is 1. The fourth-order valence-electron chi connectivity index (χ4n) is 4.08. The SMILES string of the molecule is COCCCC1CCN(C(=O)c2nc(C)c(C)c(N3CC[C@@H](N)C3)n2)CC1. The number of methoxy groups -OCH3 is 1. The Bertz CT molecular complexity index is 658. The molecule has 2 aliphatic rings. The number of amides is 1. The van der Waals surface area contributed by atoms with Crippen molar-refractivity contribution in [2.45, 2.75) is 52.0 Å². The number of aromatic nitrogens is 2. The standard InChI is InChI=1S/C20H33N5O2/c1-14-15(2)22-18(23-19(14)25-11-8-17(21)13-25)20(26)24-9-6-16(7-10-24)5-4-12-27-3/h16-17H,4-13,21H2,1-3H3/t17-/m1/s1. The second kappa shape index (κ2) is 8.97. The number of hydrogen-bond acceptors (Lipinski definition) is 6. The summed E-state index contributed by atoms with van der Waals surface area (Å²) in [6.07, 6.45) is 5.33. The number of anilines is 1. The lowest BCUT2D eigenvalue weighted by Gasteiger charge is -2.32. The smallest absolute Gasteiger partial charge is 0.291 e. The molecular weight excluding hydrogens is 342 g/mol. The van der Waals surface area contributed by atoms with Gasteiger partial charge in [-0.3, -0.25) is 4.79 Å². The van der Waals surface area contributed by atoms with Crippen LogP contribution in [0.2, 0.25) is 0 Å². The van der Waals surface area contributed by atoms with Crippen LogP contribution in [-0.2, 0) is 4.74 Å². The van der Waals surface area contributed by atoms with Crippen molar-refractivity contribution >= 4 is 11.7 Å². The third-order valence-corrected chi connectivity index (χ3v) is 5.94. The van der Waals surface area contributed by atoms with Gasteiger partial charge in [0, 0.05) is 57.2 Å². The summed E-state index contributed by atoms with van der Waals surface area (Å²) in [6, 6.07) is 0.177. The lowest BCUT2D eigenvalue weighted by molar-refractivity contribution is 0.0668. The maximum absolute atomic E-state index is 13.0. The van der Waals surface area contributed by atoms with Crippen molar-refractivity contribution in [3.8, 4) is 0 Å². The Hall–Kier alpha value is -1.73. The quantitative estimate of drug-likeness (QED) is 0.765. The molecule has 2 fully saturated rings. The highest BCUT2D eigenvalue weighted by Gasteiger charge is 2.28. The molecular formula is C20H33N5O2. The van der Waals surface area contributed by atoms with Crippen molar-refractivity contribution in [2.75, 3.05) is 44.8 Å². The molecule has 2 aliphatic heterocycles. The van der Waals surface area contributed by atoms with Crippen molar-refractivity contribution in [1.29, 1.82) is 0 Å². The summed E-state index contributed by atoms with van der Waals surface area (Å²) < 4.78 is 5.14. The Morgan fingerprint density at radius 1 is 1.19 bits per heavy atom. The van der Waals surface area contributed by atoms with Crippen LogP contribution in [0.3, 0.4) is 0 Å². The van der Waals surface area contributed by atoms with Gasteiger partial charge in [0.25, 0.3) is 5.91 Å².